The lowest BCUT2D eigenvalue weighted by Gasteiger charge is -2.25. The third-order valence-corrected chi connectivity index (χ3v) is 7.13. The van der Waals surface area contributed by atoms with Crippen molar-refractivity contribution in [3.05, 3.63) is 106 Å². The number of carbonyl (C=O) groups is 1. The minimum absolute atomic E-state index is 0.0392. The van der Waals surface area contributed by atoms with Crippen LogP contribution in [0.2, 0.25) is 0 Å². The van der Waals surface area contributed by atoms with Crippen molar-refractivity contribution in [2.24, 2.45) is 9.98 Å². The number of nitro groups is 1. The summed E-state index contributed by atoms with van der Waals surface area (Å²) in [6.07, 6.45) is 2.42. The van der Waals surface area contributed by atoms with Gasteiger partial charge in [-0.05, 0) is 29.3 Å². The molecule has 0 radical (unpaired) electrons. The zero-order valence-corrected chi connectivity index (χ0v) is 19.2. The number of amidine groups is 2. The molecule has 0 saturated carbocycles. The number of non-ortho nitro benzene ring substituents is 1. The van der Waals surface area contributed by atoms with Crippen LogP contribution in [0.3, 0.4) is 0 Å². The summed E-state index contributed by atoms with van der Waals surface area (Å²) >= 11 is 1.37. The van der Waals surface area contributed by atoms with E-state index < -0.39 is 11.0 Å². The van der Waals surface area contributed by atoms with Gasteiger partial charge >= 0.3 is 0 Å². The van der Waals surface area contributed by atoms with E-state index in [0.29, 0.717) is 23.2 Å². The number of rotatable bonds is 5. The normalized spacial score (nSPS) is 16.6. The van der Waals surface area contributed by atoms with Gasteiger partial charge in [-0.2, -0.15) is 0 Å². The first kappa shape index (κ1) is 21.3. The van der Waals surface area contributed by atoms with Crippen LogP contribution in [-0.4, -0.2) is 37.8 Å². The monoisotopic (exact) mass is 481 g/mol. The molecule has 4 aromatic rings. The molecule has 9 heteroatoms. The molecule has 172 valence electrons. The molecule has 1 unspecified atom stereocenters. The van der Waals surface area contributed by atoms with Crippen molar-refractivity contribution < 1.29 is 9.72 Å². The zero-order chi connectivity index (χ0) is 23.9. The number of aromatic amines is 1. The molecule has 0 bridgehead atoms. The highest BCUT2D eigenvalue weighted by atomic mass is 32.2. The highest BCUT2D eigenvalue weighted by Gasteiger charge is 2.41. The second kappa shape index (κ2) is 8.52. The summed E-state index contributed by atoms with van der Waals surface area (Å²) in [6.45, 7) is 0. The van der Waals surface area contributed by atoms with E-state index in [1.54, 1.807) is 17.0 Å². The van der Waals surface area contributed by atoms with Crippen molar-refractivity contribution in [1.82, 2.24) is 9.88 Å². The van der Waals surface area contributed by atoms with Gasteiger partial charge in [-0.25, -0.2) is 9.89 Å². The maximum Gasteiger partial charge on any atom is 0.269 e. The van der Waals surface area contributed by atoms with E-state index in [1.807, 2.05) is 60.8 Å². The fourth-order valence-electron chi connectivity index (χ4n) is 4.45. The molecule has 2 aliphatic heterocycles. The number of nitro benzene ring substituents is 1. The number of hydrogen-bond donors (Lipinski definition) is 1. The molecule has 3 aromatic carbocycles. The molecule has 8 nitrogen and oxygen atoms in total. The number of nitrogens with one attached hydrogen (secondary N) is 1. The van der Waals surface area contributed by atoms with Crippen molar-refractivity contribution in [2.75, 3.05) is 0 Å². The van der Waals surface area contributed by atoms with Crippen LogP contribution in [0.15, 0.2) is 89.0 Å². The molecule has 1 atom stereocenters. The van der Waals surface area contributed by atoms with Crippen LogP contribution in [0, 0.1) is 10.1 Å². The Balaban J connectivity index is 1.31. The summed E-state index contributed by atoms with van der Waals surface area (Å²) in [7, 11) is 0. The maximum absolute atomic E-state index is 13.6. The van der Waals surface area contributed by atoms with E-state index in [1.165, 1.54) is 17.8 Å². The quantitative estimate of drug-likeness (QED) is 0.312. The van der Waals surface area contributed by atoms with E-state index in [0.717, 1.165) is 33.3 Å². The Kier molecular flexibility index (Phi) is 5.18. The minimum Gasteiger partial charge on any atom is -0.361 e. The summed E-state index contributed by atoms with van der Waals surface area (Å²) < 4.78 is 0. The standard InChI is InChI=1S/C26H19N5O3S/c32-25-23(13-17-14-27-21-10-3-1-8-19(17)21)28-24-20-9-2-4-11-22(20)29-26(30(24)25)35-15-16-6-5-7-18(12-16)31(33)34/h1-12,14,23,27H,13,15H2. The fourth-order valence-corrected chi connectivity index (χ4v) is 5.39. The predicted molar refractivity (Wildman–Crippen MR) is 137 cm³/mol. The second-order valence-corrected chi connectivity index (χ2v) is 9.28. The van der Waals surface area contributed by atoms with Gasteiger partial charge in [0.2, 0.25) is 0 Å². The molecule has 3 heterocycles. The number of H-pyrrole nitrogens is 1. The van der Waals surface area contributed by atoms with Gasteiger partial charge in [-0.1, -0.05) is 54.2 Å². The average molecular weight is 482 g/mol. The van der Waals surface area contributed by atoms with Gasteiger partial charge in [0.05, 0.1) is 10.6 Å². The number of fused-ring (bicyclic) bond motifs is 4. The molecule has 2 aliphatic rings. The van der Waals surface area contributed by atoms with E-state index in [-0.39, 0.29) is 11.6 Å². The third kappa shape index (κ3) is 3.79. The Bertz CT molecular complexity index is 1560. The van der Waals surface area contributed by atoms with Gasteiger partial charge in [0, 0.05) is 47.0 Å². The molecular formula is C26H19N5O3S. The van der Waals surface area contributed by atoms with E-state index >= 15 is 0 Å². The average Bonchev–Trinajstić information content (AvgIpc) is 3.44. The highest BCUT2D eigenvalue weighted by molar-refractivity contribution is 8.13. The van der Waals surface area contributed by atoms with Crippen LogP contribution in [0.5, 0.6) is 0 Å². The number of aromatic nitrogens is 1. The summed E-state index contributed by atoms with van der Waals surface area (Å²) in [5.41, 5.74) is 4.47. The van der Waals surface area contributed by atoms with E-state index in [2.05, 4.69) is 4.98 Å². The largest absolute Gasteiger partial charge is 0.361 e. The lowest BCUT2D eigenvalue weighted by atomic mass is 10.1. The van der Waals surface area contributed by atoms with Gasteiger partial charge in [0.15, 0.2) is 5.17 Å². The number of benzene rings is 3. The van der Waals surface area contributed by atoms with Crippen molar-refractivity contribution in [2.45, 2.75) is 18.2 Å². The van der Waals surface area contributed by atoms with Crippen molar-refractivity contribution in [3.63, 3.8) is 0 Å². The van der Waals surface area contributed by atoms with Crippen LogP contribution < -0.4 is 0 Å². The molecule has 0 spiro atoms. The van der Waals surface area contributed by atoms with Crippen molar-refractivity contribution in [1.29, 1.82) is 0 Å². The lowest BCUT2D eigenvalue weighted by molar-refractivity contribution is -0.384. The number of amides is 1. The van der Waals surface area contributed by atoms with Crippen LogP contribution in [0.1, 0.15) is 16.7 Å². The third-order valence-electron chi connectivity index (χ3n) is 6.13. The smallest absolute Gasteiger partial charge is 0.269 e. The Hall–Kier alpha value is -4.24. The number of para-hydroxylation sites is 2. The maximum atomic E-state index is 13.6. The number of hydrogen-bond acceptors (Lipinski definition) is 6. The Labute approximate surface area is 204 Å². The first-order valence-electron chi connectivity index (χ1n) is 11.1. The molecule has 1 N–H and O–H groups in total. The Morgan fingerprint density at radius 2 is 1.89 bits per heavy atom. The Morgan fingerprint density at radius 1 is 1.06 bits per heavy atom. The molecular weight excluding hydrogens is 462 g/mol. The Morgan fingerprint density at radius 3 is 2.77 bits per heavy atom. The molecule has 0 saturated heterocycles. The topological polar surface area (TPSA) is 104 Å². The van der Waals surface area contributed by atoms with Crippen molar-refractivity contribution in [3.8, 4) is 0 Å². The molecule has 6 rings (SSSR count). The fraction of sp³-hybridized carbons (Fsp3) is 0.115. The van der Waals surface area contributed by atoms with Gasteiger partial charge in [-0.15, -0.1) is 0 Å². The van der Waals surface area contributed by atoms with Gasteiger partial charge in [0.25, 0.3) is 11.6 Å². The summed E-state index contributed by atoms with van der Waals surface area (Å²) in [5.74, 6) is 0.921. The highest BCUT2D eigenvalue weighted by Crippen LogP contribution is 2.35. The number of aliphatic imine (C=N–C) groups is 2. The first-order valence-corrected chi connectivity index (χ1v) is 12.1. The number of carbonyl (C=O) groups excluding carboxylic acids is 1. The van der Waals surface area contributed by atoms with Crippen LogP contribution in [0.4, 0.5) is 11.4 Å². The number of thioether (sulfide) groups is 1. The zero-order valence-electron chi connectivity index (χ0n) is 18.4. The molecule has 0 fully saturated rings. The second-order valence-electron chi connectivity index (χ2n) is 8.33. The van der Waals surface area contributed by atoms with Crippen LogP contribution >= 0.6 is 11.8 Å². The van der Waals surface area contributed by atoms with Gasteiger partial charge in [0.1, 0.15) is 11.9 Å². The summed E-state index contributed by atoms with van der Waals surface area (Å²) in [6, 6.07) is 21.6. The number of nitrogens with zero attached hydrogens (tertiary/aromatic N) is 4. The SMILES string of the molecule is O=C1C(Cc2c[nH]c3ccccc23)N=C2c3ccccc3N=C(SCc3cccc([N+](=O)[O-])c3)N12. The molecule has 1 aromatic heterocycles. The van der Waals surface area contributed by atoms with Gasteiger partial charge in [-0.3, -0.25) is 19.9 Å². The van der Waals surface area contributed by atoms with E-state index in [4.69, 9.17) is 9.98 Å². The molecule has 0 aliphatic carbocycles. The minimum atomic E-state index is -0.557. The van der Waals surface area contributed by atoms with Crippen molar-refractivity contribution >= 4 is 51.0 Å². The predicted octanol–water partition coefficient (Wildman–Crippen LogP) is 5.21. The van der Waals surface area contributed by atoms with Crippen LogP contribution in [-0.2, 0) is 17.0 Å². The summed E-state index contributed by atoms with van der Waals surface area (Å²) in [4.78, 5) is 38.8. The van der Waals surface area contributed by atoms with E-state index in [9.17, 15) is 14.9 Å². The molecule has 35 heavy (non-hydrogen) atoms. The molecule has 1 amide bonds. The summed E-state index contributed by atoms with van der Waals surface area (Å²) in [5, 5.41) is 12.8. The first-order chi connectivity index (χ1) is 17.1. The van der Waals surface area contributed by atoms with Crippen LogP contribution in [0.25, 0.3) is 10.9 Å². The lowest BCUT2D eigenvalue weighted by Crippen LogP contribution is -2.41. The van der Waals surface area contributed by atoms with Gasteiger partial charge < -0.3 is 4.98 Å².